The largest absolute Gasteiger partial charge is 0.385 e. The number of aromatic nitrogens is 3. The first-order valence-electron chi connectivity index (χ1n) is 12.6. The van der Waals surface area contributed by atoms with Gasteiger partial charge in [-0.3, -0.25) is 14.3 Å². The summed E-state index contributed by atoms with van der Waals surface area (Å²) in [5, 5.41) is 4.52. The van der Waals surface area contributed by atoms with Gasteiger partial charge in [-0.1, -0.05) is 29.4 Å². The highest BCUT2D eigenvalue weighted by Crippen LogP contribution is 2.32. The van der Waals surface area contributed by atoms with E-state index < -0.39 is 10.1 Å². The first kappa shape index (κ1) is 27.1. The predicted molar refractivity (Wildman–Crippen MR) is 153 cm³/mol. The molecule has 0 bridgehead atoms. The van der Waals surface area contributed by atoms with Gasteiger partial charge >= 0.3 is 0 Å². The summed E-state index contributed by atoms with van der Waals surface area (Å²) < 4.78 is 34.3. The number of pyridine rings is 1. The number of carbonyl (C=O) groups is 1. The van der Waals surface area contributed by atoms with Crippen molar-refractivity contribution < 1.29 is 22.3 Å². The van der Waals surface area contributed by atoms with Crippen LogP contribution in [0.4, 0.5) is 11.5 Å². The first-order valence-corrected chi connectivity index (χ1v) is 14.1. The fraction of sp³-hybridized carbons (Fsp3) is 0.207. The summed E-state index contributed by atoms with van der Waals surface area (Å²) in [6.07, 6.45) is 5.85. The van der Waals surface area contributed by atoms with Gasteiger partial charge in [0.05, 0.1) is 0 Å². The van der Waals surface area contributed by atoms with Crippen LogP contribution in [-0.4, -0.2) is 41.1 Å². The molecular weight excluding hydrogens is 530 g/mol. The number of carbonyl (C=O) groups excluding carboxylic acids is 1. The van der Waals surface area contributed by atoms with Gasteiger partial charge in [0.25, 0.3) is 10.1 Å². The summed E-state index contributed by atoms with van der Waals surface area (Å²) in [4.78, 5) is 21.2. The van der Waals surface area contributed by atoms with Gasteiger partial charge in [0.2, 0.25) is 5.91 Å². The van der Waals surface area contributed by atoms with Gasteiger partial charge in [-0.05, 0) is 61.2 Å². The van der Waals surface area contributed by atoms with Gasteiger partial charge in [0.15, 0.2) is 10.7 Å². The number of benzene rings is 2. The Morgan fingerprint density at radius 3 is 2.55 bits per heavy atom. The van der Waals surface area contributed by atoms with E-state index in [2.05, 4.69) is 43.9 Å². The number of amides is 1. The molecule has 0 fully saturated rings. The summed E-state index contributed by atoms with van der Waals surface area (Å²) in [5.41, 5.74) is 14.1. The summed E-state index contributed by atoms with van der Waals surface area (Å²) in [6, 6.07) is 16.6. The molecular formula is C29H29N5O5S. The number of rotatable bonds is 4. The third-order valence-corrected chi connectivity index (χ3v) is 8.10. The molecule has 0 atom stereocenters. The second kappa shape index (κ2) is 10.6. The Labute approximate surface area is 231 Å². The van der Waals surface area contributed by atoms with Crippen LogP contribution in [0.1, 0.15) is 34.6 Å². The Morgan fingerprint density at radius 1 is 1.07 bits per heavy atom. The zero-order valence-corrected chi connectivity index (χ0v) is 23.1. The second-order valence-electron chi connectivity index (χ2n) is 9.75. The minimum atomic E-state index is -4.18. The molecule has 5 aromatic rings. The number of hydrogen-bond donors (Lipinski definition) is 3. The van der Waals surface area contributed by atoms with Crippen LogP contribution in [0.3, 0.4) is 0 Å². The number of aryl methyl sites for hydroxylation is 3. The fourth-order valence-electron chi connectivity index (χ4n) is 5.04. The molecule has 0 saturated heterocycles. The van der Waals surface area contributed by atoms with E-state index in [0.29, 0.717) is 12.2 Å². The van der Waals surface area contributed by atoms with Gasteiger partial charge in [0.1, 0.15) is 11.5 Å². The van der Waals surface area contributed by atoms with E-state index in [-0.39, 0.29) is 22.3 Å². The van der Waals surface area contributed by atoms with E-state index in [0.717, 1.165) is 51.7 Å². The number of nitrogens with two attached hydrogens (primary N) is 1. The van der Waals surface area contributed by atoms with Crippen molar-refractivity contribution in [2.75, 3.05) is 17.7 Å². The van der Waals surface area contributed by atoms with Crippen molar-refractivity contribution in [3.05, 3.63) is 89.1 Å². The first-order chi connectivity index (χ1) is 19.0. The Hall–Kier alpha value is -4.48. The van der Waals surface area contributed by atoms with Gasteiger partial charge in [0, 0.05) is 60.0 Å². The van der Waals surface area contributed by atoms with Crippen LogP contribution in [0.15, 0.2) is 70.3 Å². The van der Waals surface area contributed by atoms with E-state index >= 15 is 0 Å². The van der Waals surface area contributed by atoms with E-state index in [9.17, 15) is 13.2 Å². The molecule has 4 N–H and O–H groups in total. The van der Waals surface area contributed by atoms with E-state index in [1.54, 1.807) is 4.90 Å². The molecule has 10 nitrogen and oxygen atoms in total. The molecule has 40 heavy (non-hydrogen) atoms. The minimum Gasteiger partial charge on any atom is -0.385 e. The zero-order chi connectivity index (χ0) is 28.6. The molecule has 1 aliphatic heterocycles. The normalized spacial score (nSPS) is 13.2. The lowest BCUT2D eigenvalue weighted by molar-refractivity contribution is -0.118. The van der Waals surface area contributed by atoms with E-state index in [4.69, 9.17) is 10.3 Å². The van der Waals surface area contributed by atoms with Crippen molar-refractivity contribution >= 4 is 38.4 Å². The second-order valence-corrected chi connectivity index (χ2v) is 11.1. The summed E-state index contributed by atoms with van der Waals surface area (Å²) in [7, 11) is -2.34. The van der Waals surface area contributed by atoms with Crippen molar-refractivity contribution in [1.29, 1.82) is 0 Å². The highest BCUT2D eigenvalue weighted by atomic mass is 32.2. The number of hydrogen-bond acceptors (Lipinski definition) is 7. The summed E-state index contributed by atoms with van der Waals surface area (Å²) in [5.74, 6) is 0.980. The zero-order valence-electron chi connectivity index (χ0n) is 22.3. The smallest absolute Gasteiger partial charge is 0.299 e. The average Bonchev–Trinajstić information content (AvgIpc) is 3.44. The molecule has 206 valence electrons. The molecule has 1 amide bonds. The van der Waals surface area contributed by atoms with Crippen molar-refractivity contribution in [1.82, 2.24) is 15.1 Å². The standard InChI is InChI=1S/C24H22N4O.C5H7NO4S/c1-28-22-8-6-16(12-17(22)7-9-23(28)29)18-10-15(13-26-14-18)11-20-19-4-2-3-5-21(19)27-24(20)25;1-3-5(11(7,8)9)4(2)10-6-3/h2-6,8,10,12-14,27H,7,9,11,25H2,1H3;1-2H3,(H,7,8,9). The highest BCUT2D eigenvalue weighted by Gasteiger charge is 2.22. The maximum atomic E-state index is 11.9. The topological polar surface area (TPSA) is 155 Å². The van der Waals surface area contributed by atoms with Gasteiger partial charge in [-0.25, -0.2) is 0 Å². The van der Waals surface area contributed by atoms with Crippen LogP contribution >= 0.6 is 0 Å². The molecule has 0 radical (unpaired) electrons. The Kier molecular flexibility index (Phi) is 7.17. The number of nitrogens with zero attached hydrogens (tertiary/aromatic N) is 3. The number of anilines is 2. The number of H-pyrrole nitrogens is 1. The predicted octanol–water partition coefficient (Wildman–Crippen LogP) is 4.85. The number of aromatic amines is 1. The van der Waals surface area contributed by atoms with Gasteiger partial charge in [-0.15, -0.1) is 0 Å². The number of para-hydroxylation sites is 1. The van der Waals surface area contributed by atoms with Crippen LogP contribution in [0.2, 0.25) is 0 Å². The number of nitrogen functional groups attached to an aromatic ring is 1. The Morgan fingerprint density at radius 2 is 1.85 bits per heavy atom. The molecule has 11 heteroatoms. The lowest BCUT2D eigenvalue weighted by Crippen LogP contribution is -2.30. The van der Waals surface area contributed by atoms with E-state index in [1.807, 2.05) is 43.7 Å². The van der Waals surface area contributed by atoms with Crippen molar-refractivity contribution in [3.63, 3.8) is 0 Å². The fourth-order valence-corrected chi connectivity index (χ4v) is 5.85. The quantitative estimate of drug-likeness (QED) is 0.264. The lowest BCUT2D eigenvalue weighted by Gasteiger charge is -2.26. The molecule has 6 rings (SSSR count). The molecule has 0 unspecified atom stereocenters. The Bertz CT molecular complexity index is 1820. The van der Waals surface area contributed by atoms with E-state index in [1.165, 1.54) is 19.4 Å². The highest BCUT2D eigenvalue weighted by molar-refractivity contribution is 7.86. The maximum absolute atomic E-state index is 11.9. The third kappa shape index (κ3) is 5.33. The molecule has 1 aliphatic rings. The molecule has 3 aromatic heterocycles. The molecule has 0 saturated carbocycles. The molecule has 0 aliphatic carbocycles. The molecule has 0 spiro atoms. The van der Waals surface area contributed by atoms with Crippen molar-refractivity contribution in [2.24, 2.45) is 0 Å². The SMILES string of the molecule is CN1C(=O)CCc2cc(-c3cncc(Cc4c(N)[nH]c5ccccc45)c3)ccc21.Cc1noc(C)c1S(=O)(=O)O. The van der Waals surface area contributed by atoms with Crippen LogP contribution in [0.5, 0.6) is 0 Å². The third-order valence-electron chi connectivity index (χ3n) is 7.00. The summed E-state index contributed by atoms with van der Waals surface area (Å²) >= 11 is 0. The monoisotopic (exact) mass is 559 g/mol. The number of nitrogens with one attached hydrogen (secondary N) is 1. The van der Waals surface area contributed by atoms with Crippen LogP contribution in [0.25, 0.3) is 22.0 Å². The van der Waals surface area contributed by atoms with Gasteiger partial charge in [-0.2, -0.15) is 8.42 Å². The maximum Gasteiger partial charge on any atom is 0.299 e. The Balaban J connectivity index is 0.000000248. The minimum absolute atomic E-state index is 0.102. The van der Waals surface area contributed by atoms with Gasteiger partial charge < -0.3 is 20.1 Å². The summed E-state index contributed by atoms with van der Waals surface area (Å²) in [6.45, 7) is 2.86. The molecule has 4 heterocycles. The van der Waals surface area contributed by atoms with Crippen LogP contribution in [-0.2, 0) is 27.8 Å². The van der Waals surface area contributed by atoms with Crippen LogP contribution in [0, 0.1) is 13.8 Å². The lowest BCUT2D eigenvalue weighted by atomic mass is 9.95. The number of fused-ring (bicyclic) bond motifs is 2. The van der Waals surface area contributed by atoms with Crippen molar-refractivity contribution in [2.45, 2.75) is 38.0 Å². The molecule has 2 aromatic carbocycles. The van der Waals surface area contributed by atoms with Crippen LogP contribution < -0.4 is 10.6 Å². The average molecular weight is 560 g/mol. The van der Waals surface area contributed by atoms with Crippen molar-refractivity contribution in [3.8, 4) is 11.1 Å².